The molecule has 5 atom stereocenters. The quantitative estimate of drug-likeness (QED) is 0.0395. The third-order valence-corrected chi connectivity index (χ3v) is 20.3. The molecular formula is C83H77ClF11N15O8. The summed E-state index contributed by atoms with van der Waals surface area (Å²) in [7, 11) is 0. The highest BCUT2D eigenvalue weighted by molar-refractivity contribution is 5.89. The van der Waals surface area contributed by atoms with E-state index in [4.69, 9.17) is 10.5 Å². The van der Waals surface area contributed by atoms with Gasteiger partial charge in [-0.05, 0) is 237 Å². The number of nitrogens with zero attached hydrogens (tertiary/aromatic N) is 13. The van der Waals surface area contributed by atoms with E-state index in [0.717, 1.165) is 149 Å². The van der Waals surface area contributed by atoms with Crippen LogP contribution in [-0.4, -0.2) is 99.9 Å². The number of anilines is 5. The van der Waals surface area contributed by atoms with Gasteiger partial charge in [0.1, 0.15) is 75.3 Å². The van der Waals surface area contributed by atoms with E-state index < -0.39 is 68.3 Å². The first-order valence-corrected chi connectivity index (χ1v) is 37.3. The summed E-state index contributed by atoms with van der Waals surface area (Å²) in [5.74, 6) is -6.41. The number of carboxylic acids is 1. The zero-order valence-corrected chi connectivity index (χ0v) is 63.8. The largest absolute Gasteiger partial charge is 0.477 e. The molecule has 3 unspecified atom stereocenters. The summed E-state index contributed by atoms with van der Waals surface area (Å²) in [5, 5.41) is 33.0. The number of carbonyl (C=O) groups excluding carboxylic acids is 1. The summed E-state index contributed by atoms with van der Waals surface area (Å²) in [5.41, 5.74) is 12.1. The highest BCUT2D eigenvalue weighted by Crippen LogP contribution is 2.42. The van der Waals surface area contributed by atoms with Gasteiger partial charge in [0.05, 0.1) is 72.1 Å². The van der Waals surface area contributed by atoms with Crippen molar-refractivity contribution >= 4 is 75.8 Å². The average molecular weight is 1660 g/mol. The van der Waals surface area contributed by atoms with Crippen LogP contribution in [0.1, 0.15) is 150 Å². The van der Waals surface area contributed by atoms with Crippen molar-refractivity contribution in [1.82, 2.24) is 39.0 Å². The molecule has 0 spiro atoms. The molecule has 5 aliphatic heterocycles. The molecule has 5 aromatic carbocycles. The van der Waals surface area contributed by atoms with Crippen molar-refractivity contribution in [3.05, 3.63) is 318 Å². The van der Waals surface area contributed by atoms with Gasteiger partial charge in [-0.3, -0.25) is 8.80 Å². The second kappa shape index (κ2) is 39.2. The molecule has 4 N–H and O–H groups in total. The van der Waals surface area contributed by atoms with Crippen LogP contribution in [0.5, 0.6) is 0 Å². The minimum atomic E-state index is -1.07. The predicted octanol–water partition coefficient (Wildman–Crippen LogP) is 18.6. The van der Waals surface area contributed by atoms with Gasteiger partial charge in [0.25, 0.3) is 0 Å². The molecule has 12 aromatic rings. The summed E-state index contributed by atoms with van der Waals surface area (Å²) >= 11 is 0. The van der Waals surface area contributed by atoms with E-state index >= 15 is 0 Å². The second-order valence-corrected chi connectivity index (χ2v) is 27.6. The Bertz CT molecular complexity index is 5530. The number of carboxylic acid groups (broad SMARTS) is 1. The SMILES string of the molecule is CCOC(=O)c1cnc2ccc(N3CCC[C@@H]3c3cc(F)ccc3F)cn12.Cl.Fc1ccc(F)c(C2CCCN2)c1.Nc1ccc(N2CCCC2c2cc(F)ccc2F)cn1.O=C(O)c1cnc2ccc(N3CCC[C@@H]3c3cc(F)ccc3F)cn12.O=[N+]([O-])c1ccc(F)cn1.O=[N+]([O-])c1ccc(N2CCCC2c2cc(F)ccc2F)cn1. The van der Waals surface area contributed by atoms with Crippen molar-refractivity contribution in [3.8, 4) is 0 Å². The van der Waals surface area contributed by atoms with Crippen molar-refractivity contribution in [3.63, 3.8) is 0 Å². The van der Waals surface area contributed by atoms with Gasteiger partial charge in [0.15, 0.2) is 29.6 Å². The zero-order chi connectivity index (χ0) is 83.1. The Balaban J connectivity index is 0.000000142. The number of nitrogens with one attached hydrogen (secondary N) is 1. The lowest BCUT2D eigenvalue weighted by molar-refractivity contribution is -0.389. The normalized spacial score (nSPS) is 17.2. The maximum atomic E-state index is 14.3. The van der Waals surface area contributed by atoms with Gasteiger partial charge in [-0.25, -0.2) is 72.8 Å². The molecular weight excluding hydrogens is 1580 g/mol. The molecule has 0 amide bonds. The number of ether oxygens (including phenoxy) is 1. The van der Waals surface area contributed by atoms with Gasteiger partial charge in [-0.15, -0.1) is 12.4 Å². The number of nitrogen functional groups attached to an aromatic ring is 1. The standard InChI is InChI=1S/C20H19F2N3O2.C18H15F2N3O2.C15H13F2N3O2.C15H15F2N3.C10H11F2N.C5H3FN2O2.ClH/c1-2-27-20(26)18-11-23-19-8-6-14(12-25(18)19)24-9-3-4-17(24)15-10-13(21)5-7-16(15)22;19-11-3-5-14(20)13(8-11)15-2-1-7-22(15)12-4-6-17-21-9-16(18(24)25)23(17)10-12;16-10-3-5-13(17)12(8-10)14-2-1-7-19(14)11-4-6-15(18-9-11)20(21)22;16-10-3-5-13(17)12(8-10)14-2-1-7-20(14)11-4-6-15(18)19-9-11;11-7-3-4-9(12)8(6-7)10-2-1-5-13-10;6-4-1-2-5(7-3-4)8(9)10;/h5-8,10-12,17H,2-4,9H2,1H3;3-6,8-10,15H,1-2,7H2,(H,24,25);3-6,8-9,14H,1-2,7H2;3-6,8-9,14H,1-2,7H2,(H2,18,19);3-4,6,10,13H,1-2,5H2;1-3H;1H/t17-;15-;;;;;/m11...../s1. The van der Waals surface area contributed by atoms with E-state index in [1.807, 2.05) is 37.8 Å². The van der Waals surface area contributed by atoms with Crippen LogP contribution in [-0.2, 0) is 4.74 Å². The van der Waals surface area contributed by atoms with Gasteiger partial charge in [0.2, 0.25) is 0 Å². The van der Waals surface area contributed by atoms with Gasteiger partial charge < -0.3 is 60.7 Å². The van der Waals surface area contributed by atoms with Crippen LogP contribution in [0, 0.1) is 84.2 Å². The fourth-order valence-corrected chi connectivity index (χ4v) is 14.9. The highest BCUT2D eigenvalue weighted by atomic mass is 35.5. The first-order valence-electron chi connectivity index (χ1n) is 37.3. The molecule has 5 saturated heterocycles. The van der Waals surface area contributed by atoms with Gasteiger partial charge in [-0.2, -0.15) is 0 Å². The maximum Gasteiger partial charge on any atom is 0.363 e. The molecule has 5 aliphatic rings. The Labute approximate surface area is 673 Å². The number of aromatic nitrogens is 7. The predicted molar refractivity (Wildman–Crippen MR) is 420 cm³/mol. The first kappa shape index (κ1) is 86.0. The van der Waals surface area contributed by atoms with E-state index in [-0.39, 0.29) is 84.0 Å². The molecule has 35 heteroatoms. The fourth-order valence-electron chi connectivity index (χ4n) is 14.9. The number of aromatic carboxylic acids is 1. The van der Waals surface area contributed by atoms with E-state index in [1.54, 1.807) is 54.2 Å². The Morgan fingerprint density at radius 3 is 1.15 bits per heavy atom. The molecule has 0 aliphatic carbocycles. The number of imidazole rings is 2. The van der Waals surface area contributed by atoms with Crippen LogP contribution in [0.15, 0.2) is 195 Å². The molecule has 118 heavy (non-hydrogen) atoms. The lowest BCUT2D eigenvalue weighted by Crippen LogP contribution is -2.24. The lowest BCUT2D eigenvalue weighted by Gasteiger charge is -2.27. The van der Waals surface area contributed by atoms with Crippen LogP contribution >= 0.6 is 12.4 Å². The third kappa shape index (κ3) is 20.7. The summed E-state index contributed by atoms with van der Waals surface area (Å²) in [6.45, 7) is 5.78. The number of halogens is 12. The number of nitrogens with two attached hydrogens (primary N) is 1. The number of fused-ring (bicyclic) bond motifs is 2. The Morgan fingerprint density at radius 1 is 0.441 bits per heavy atom. The Hall–Kier alpha value is -12.9. The van der Waals surface area contributed by atoms with E-state index in [0.29, 0.717) is 82.2 Å². The molecule has 23 nitrogen and oxygen atoms in total. The highest BCUT2D eigenvalue weighted by Gasteiger charge is 2.34. The van der Waals surface area contributed by atoms with Crippen LogP contribution in [0.3, 0.4) is 0 Å². The number of benzene rings is 5. The van der Waals surface area contributed by atoms with Crippen molar-refractivity contribution in [1.29, 1.82) is 0 Å². The van der Waals surface area contributed by atoms with Gasteiger partial charge in [-0.1, -0.05) is 0 Å². The zero-order valence-electron chi connectivity index (χ0n) is 62.9. The minimum Gasteiger partial charge on any atom is -0.477 e. The van der Waals surface area contributed by atoms with Crippen LogP contribution in [0.25, 0.3) is 11.3 Å². The minimum absolute atomic E-state index is 0. The molecule has 17 rings (SSSR count). The number of hydrogen-bond donors (Lipinski definition) is 3. The third-order valence-electron chi connectivity index (χ3n) is 20.3. The molecule has 0 bridgehead atoms. The van der Waals surface area contributed by atoms with E-state index in [9.17, 15) is 83.2 Å². The van der Waals surface area contributed by atoms with Crippen LogP contribution in [0.4, 0.5) is 88.5 Å². The second-order valence-electron chi connectivity index (χ2n) is 27.6. The van der Waals surface area contributed by atoms with Crippen molar-refractivity contribution in [2.24, 2.45) is 0 Å². The van der Waals surface area contributed by atoms with Crippen LogP contribution in [0.2, 0.25) is 0 Å². The molecule has 0 saturated carbocycles. The number of pyridine rings is 5. The molecule has 5 fully saturated rings. The van der Waals surface area contributed by atoms with E-state index in [1.165, 1.54) is 77.6 Å². The number of carbonyl (C=O) groups is 2. The monoisotopic (exact) mass is 1660 g/mol. The van der Waals surface area contributed by atoms with Crippen LogP contribution < -0.4 is 30.7 Å². The summed E-state index contributed by atoms with van der Waals surface area (Å²) in [6, 6.07) is 32.4. The fraction of sp³-hybridized carbons (Fsp3) is 0.265. The number of rotatable bonds is 14. The molecule has 616 valence electrons. The van der Waals surface area contributed by atoms with Gasteiger partial charge in [0, 0.05) is 84.6 Å². The summed E-state index contributed by atoms with van der Waals surface area (Å²) in [6.07, 6.45) is 18.4. The maximum absolute atomic E-state index is 14.3. The topological polar surface area (TPSA) is 274 Å². The molecule has 7 aromatic heterocycles. The summed E-state index contributed by atoms with van der Waals surface area (Å²) < 4.78 is 157. The number of hydrogen-bond acceptors (Lipinski definition) is 18. The number of esters is 1. The van der Waals surface area contributed by atoms with Crippen molar-refractivity contribution in [2.75, 3.05) is 64.7 Å². The molecule has 12 heterocycles. The van der Waals surface area contributed by atoms with Crippen molar-refractivity contribution in [2.45, 2.75) is 101 Å². The first-order chi connectivity index (χ1) is 56.3. The number of nitro groups is 2. The smallest absolute Gasteiger partial charge is 0.363 e. The Morgan fingerprint density at radius 2 is 0.797 bits per heavy atom. The van der Waals surface area contributed by atoms with Gasteiger partial charge >= 0.3 is 23.6 Å². The molecule has 0 radical (unpaired) electrons. The van der Waals surface area contributed by atoms with E-state index in [2.05, 4.69) is 30.2 Å². The summed E-state index contributed by atoms with van der Waals surface area (Å²) in [4.78, 5) is 70.1. The lowest BCUT2D eigenvalue weighted by atomic mass is 10.0. The van der Waals surface area contributed by atoms with Crippen molar-refractivity contribution < 1.29 is 77.6 Å². The average Bonchev–Trinajstić information content (AvgIpc) is 1.61. The Kier molecular flexibility index (Phi) is 28.6.